The molecule has 0 aromatic heterocycles. The molecule has 184 valence electrons. The molecule has 0 saturated carbocycles. The standard InChI is InChI=1S/C24H26FN5O5/c1-4-28(5-2)23(34)24(35)29(6-3)17-8-7-13-30-20(17)27-18(19(31)22(30)33)21(32)26-14-15-9-11-16(25)12-10-15/h7-13,18H,4-6,14H2,1-3H3,(H,26,32). The highest BCUT2D eigenvalue weighted by Crippen LogP contribution is 2.22. The van der Waals surface area contributed by atoms with Gasteiger partial charge in [0.25, 0.3) is 11.7 Å². The monoisotopic (exact) mass is 483 g/mol. The lowest BCUT2D eigenvalue weighted by atomic mass is 10.1. The van der Waals surface area contributed by atoms with Gasteiger partial charge in [-0.3, -0.25) is 28.9 Å². The number of likely N-dealkylation sites (N-methyl/N-ethyl adjacent to an activating group) is 2. The van der Waals surface area contributed by atoms with E-state index >= 15 is 0 Å². The Labute approximate surface area is 201 Å². The Balaban J connectivity index is 1.88. The molecule has 0 bridgehead atoms. The van der Waals surface area contributed by atoms with Crippen LogP contribution in [0.3, 0.4) is 0 Å². The minimum absolute atomic E-state index is 0.00774. The van der Waals surface area contributed by atoms with E-state index in [1.54, 1.807) is 20.8 Å². The van der Waals surface area contributed by atoms with Crippen molar-refractivity contribution in [3.8, 4) is 0 Å². The van der Waals surface area contributed by atoms with Gasteiger partial charge in [-0.25, -0.2) is 9.38 Å². The summed E-state index contributed by atoms with van der Waals surface area (Å²) in [6.07, 6.45) is 4.24. The second-order valence-electron chi connectivity index (χ2n) is 7.66. The van der Waals surface area contributed by atoms with Gasteiger partial charge in [0, 0.05) is 32.4 Å². The molecule has 0 fully saturated rings. The number of allylic oxidation sites excluding steroid dienone is 2. The number of nitrogens with one attached hydrogen (secondary N) is 1. The predicted octanol–water partition coefficient (Wildman–Crippen LogP) is 0.748. The van der Waals surface area contributed by atoms with Crippen LogP contribution >= 0.6 is 0 Å². The summed E-state index contributed by atoms with van der Waals surface area (Å²) in [6.45, 7) is 5.91. The van der Waals surface area contributed by atoms with E-state index in [9.17, 15) is 28.4 Å². The number of nitrogens with zero attached hydrogens (tertiary/aromatic N) is 4. The maximum absolute atomic E-state index is 13.1. The Morgan fingerprint density at radius 1 is 1.03 bits per heavy atom. The molecule has 2 aliphatic rings. The van der Waals surface area contributed by atoms with E-state index < -0.39 is 41.3 Å². The molecule has 1 aromatic rings. The third kappa shape index (κ3) is 5.18. The number of hydrogen-bond donors (Lipinski definition) is 1. The molecule has 4 amide bonds. The van der Waals surface area contributed by atoms with E-state index in [-0.39, 0.29) is 24.6 Å². The van der Waals surface area contributed by atoms with E-state index in [1.165, 1.54) is 47.5 Å². The van der Waals surface area contributed by atoms with Gasteiger partial charge in [0.05, 0.1) is 5.70 Å². The fourth-order valence-electron chi connectivity index (χ4n) is 3.66. The number of carbonyl (C=O) groups excluding carboxylic acids is 5. The van der Waals surface area contributed by atoms with Gasteiger partial charge < -0.3 is 15.1 Å². The molecule has 0 saturated heterocycles. The maximum Gasteiger partial charge on any atom is 0.316 e. The third-order valence-electron chi connectivity index (χ3n) is 5.59. The van der Waals surface area contributed by atoms with Crippen LogP contribution in [-0.2, 0) is 30.5 Å². The topological polar surface area (TPSA) is 119 Å². The van der Waals surface area contributed by atoms with Crippen molar-refractivity contribution in [3.63, 3.8) is 0 Å². The lowest BCUT2D eigenvalue weighted by molar-refractivity contribution is -0.150. The van der Waals surface area contributed by atoms with Crippen LogP contribution in [0.5, 0.6) is 0 Å². The van der Waals surface area contributed by atoms with Crippen molar-refractivity contribution in [2.75, 3.05) is 19.6 Å². The zero-order chi connectivity index (χ0) is 25.7. The molecular formula is C24H26FN5O5. The average Bonchev–Trinajstić information content (AvgIpc) is 2.86. The van der Waals surface area contributed by atoms with Gasteiger partial charge in [0.1, 0.15) is 5.82 Å². The Hall–Kier alpha value is -4.15. The number of hydrogen-bond acceptors (Lipinski definition) is 6. The van der Waals surface area contributed by atoms with Crippen molar-refractivity contribution in [1.29, 1.82) is 0 Å². The van der Waals surface area contributed by atoms with Gasteiger partial charge in [-0.2, -0.15) is 0 Å². The van der Waals surface area contributed by atoms with Crippen LogP contribution in [0.25, 0.3) is 0 Å². The highest BCUT2D eigenvalue weighted by Gasteiger charge is 2.43. The highest BCUT2D eigenvalue weighted by atomic mass is 19.1. The number of aliphatic imine (C=N–C) groups is 1. The van der Waals surface area contributed by atoms with Crippen molar-refractivity contribution in [1.82, 2.24) is 20.0 Å². The first-order chi connectivity index (χ1) is 16.7. The van der Waals surface area contributed by atoms with E-state index in [2.05, 4.69) is 10.3 Å². The summed E-state index contributed by atoms with van der Waals surface area (Å²) in [7, 11) is 0. The van der Waals surface area contributed by atoms with Crippen LogP contribution in [0.15, 0.2) is 53.3 Å². The number of Topliss-reactive ketones (excluding diaryl/α,β-unsaturated/α-hetero) is 1. The molecule has 0 spiro atoms. The van der Waals surface area contributed by atoms with Crippen LogP contribution in [0.4, 0.5) is 4.39 Å². The van der Waals surface area contributed by atoms with Gasteiger partial charge in [-0.05, 0) is 50.6 Å². The van der Waals surface area contributed by atoms with Gasteiger partial charge in [0.15, 0.2) is 11.9 Å². The largest absolute Gasteiger partial charge is 0.350 e. The molecule has 2 heterocycles. The van der Waals surface area contributed by atoms with Gasteiger partial charge in [0.2, 0.25) is 0 Å². The summed E-state index contributed by atoms with van der Waals surface area (Å²) < 4.78 is 13.1. The SMILES string of the molecule is CCN(CC)C(=O)C(=O)N(CC)C1=CC=CN2C(=O)C(=O)C(C(=O)NCc3ccc(F)cc3)N=C12. The smallest absolute Gasteiger partial charge is 0.316 e. The molecule has 0 radical (unpaired) electrons. The van der Waals surface area contributed by atoms with Crippen LogP contribution in [0.2, 0.25) is 0 Å². The molecule has 3 rings (SSSR count). The number of fused-ring (bicyclic) bond motifs is 1. The highest BCUT2D eigenvalue weighted by molar-refractivity contribution is 6.47. The molecule has 1 atom stereocenters. The molecule has 1 N–H and O–H groups in total. The van der Waals surface area contributed by atoms with Crippen LogP contribution in [0, 0.1) is 5.82 Å². The number of ketones is 1. The van der Waals surface area contributed by atoms with Crippen LogP contribution < -0.4 is 5.32 Å². The van der Waals surface area contributed by atoms with Crippen molar-refractivity contribution in [3.05, 3.63) is 59.7 Å². The van der Waals surface area contributed by atoms with Gasteiger partial charge >= 0.3 is 17.7 Å². The second-order valence-corrected chi connectivity index (χ2v) is 7.66. The van der Waals surface area contributed by atoms with Crippen molar-refractivity contribution in [2.45, 2.75) is 33.4 Å². The molecule has 10 nitrogen and oxygen atoms in total. The number of carbonyl (C=O) groups is 5. The first-order valence-electron chi connectivity index (χ1n) is 11.2. The normalized spacial score (nSPS) is 16.8. The Morgan fingerprint density at radius 2 is 1.69 bits per heavy atom. The van der Waals surface area contributed by atoms with Crippen molar-refractivity contribution >= 4 is 35.2 Å². The lowest BCUT2D eigenvalue weighted by Gasteiger charge is -2.34. The first kappa shape index (κ1) is 25.5. The average molecular weight is 484 g/mol. The zero-order valence-electron chi connectivity index (χ0n) is 19.7. The lowest BCUT2D eigenvalue weighted by Crippen LogP contribution is -2.55. The molecule has 11 heteroatoms. The fraction of sp³-hybridized carbons (Fsp3) is 0.333. The number of rotatable bonds is 7. The van der Waals surface area contributed by atoms with E-state index in [1.807, 2.05) is 0 Å². The van der Waals surface area contributed by atoms with Crippen molar-refractivity contribution < 1.29 is 28.4 Å². The summed E-state index contributed by atoms with van der Waals surface area (Å²) in [4.78, 5) is 71.5. The zero-order valence-corrected chi connectivity index (χ0v) is 19.7. The van der Waals surface area contributed by atoms with Crippen molar-refractivity contribution in [2.24, 2.45) is 4.99 Å². The minimum atomic E-state index is -1.67. The summed E-state index contributed by atoms with van der Waals surface area (Å²) >= 11 is 0. The summed E-state index contributed by atoms with van der Waals surface area (Å²) in [5, 5.41) is 2.52. The van der Waals surface area contributed by atoms with Crippen LogP contribution in [0.1, 0.15) is 26.3 Å². The molecule has 2 aliphatic heterocycles. The first-order valence-corrected chi connectivity index (χ1v) is 11.2. The Bertz CT molecular complexity index is 1140. The quantitative estimate of drug-likeness (QED) is 0.453. The number of amides is 4. The fourth-order valence-corrected chi connectivity index (χ4v) is 3.66. The van der Waals surface area contributed by atoms with Gasteiger partial charge in [-0.1, -0.05) is 12.1 Å². The van der Waals surface area contributed by atoms with E-state index in [0.717, 1.165) is 9.80 Å². The summed E-state index contributed by atoms with van der Waals surface area (Å²) in [5.74, 6) is -4.89. The van der Waals surface area contributed by atoms with Gasteiger partial charge in [-0.15, -0.1) is 0 Å². The van der Waals surface area contributed by atoms with Crippen LogP contribution in [-0.4, -0.2) is 75.6 Å². The number of amidine groups is 1. The summed E-state index contributed by atoms with van der Waals surface area (Å²) in [6, 6.07) is 3.74. The predicted molar refractivity (Wildman–Crippen MR) is 124 cm³/mol. The second kappa shape index (κ2) is 10.9. The third-order valence-corrected chi connectivity index (χ3v) is 5.59. The molecular weight excluding hydrogens is 457 g/mol. The molecule has 1 unspecified atom stereocenters. The Kier molecular flexibility index (Phi) is 7.90. The maximum atomic E-state index is 13.1. The Morgan fingerprint density at radius 3 is 2.29 bits per heavy atom. The summed E-state index contributed by atoms with van der Waals surface area (Å²) in [5.41, 5.74) is 0.708. The molecule has 0 aliphatic carbocycles. The number of benzene rings is 1. The molecule has 1 aromatic carbocycles. The number of halogens is 1. The molecule has 35 heavy (non-hydrogen) atoms. The van der Waals surface area contributed by atoms with E-state index in [4.69, 9.17) is 0 Å². The van der Waals surface area contributed by atoms with E-state index in [0.29, 0.717) is 18.7 Å². The minimum Gasteiger partial charge on any atom is -0.350 e.